The molecule has 180 valence electrons. The number of carboxylic acids is 1. The highest BCUT2D eigenvalue weighted by Gasteiger charge is 2.46. The highest BCUT2D eigenvalue weighted by Crippen LogP contribution is 2.44. The van der Waals surface area contributed by atoms with Crippen LogP contribution >= 0.6 is 0 Å². The van der Waals surface area contributed by atoms with Crippen LogP contribution in [0.4, 0.5) is 18.9 Å². The molecular weight excluding hydrogens is 435 g/mol. The highest BCUT2D eigenvalue weighted by atomic mass is 19.4. The number of anilines is 1. The van der Waals surface area contributed by atoms with Crippen LogP contribution in [-0.2, 0) is 28.7 Å². The molecule has 3 fully saturated rings. The first-order valence-corrected chi connectivity index (χ1v) is 11.8. The van der Waals surface area contributed by atoms with E-state index in [0.717, 1.165) is 57.3 Å². The fourth-order valence-electron chi connectivity index (χ4n) is 6.76. The van der Waals surface area contributed by atoms with Gasteiger partial charge in [-0.1, -0.05) is 0 Å². The van der Waals surface area contributed by atoms with E-state index in [2.05, 4.69) is 4.90 Å². The number of hydrogen-bond acceptors (Lipinski definition) is 4. The lowest BCUT2D eigenvalue weighted by Crippen LogP contribution is -2.44. The fourth-order valence-corrected chi connectivity index (χ4v) is 6.76. The summed E-state index contributed by atoms with van der Waals surface area (Å²) in [7, 11) is 0. The quantitative estimate of drug-likeness (QED) is 0.669. The SMILES string of the molecule is Nc1cc(C(F)(F)F)cc2c1CCN(C(=O)C1CCC(N3CC4CC(C3)C(C(=O)O)C4)C1)C2. The summed E-state index contributed by atoms with van der Waals surface area (Å²) in [5.41, 5.74) is 6.47. The van der Waals surface area contributed by atoms with Crippen LogP contribution in [-0.4, -0.2) is 52.5 Å². The molecule has 1 aromatic rings. The van der Waals surface area contributed by atoms with Gasteiger partial charge in [0.1, 0.15) is 0 Å². The molecule has 5 rings (SSSR count). The summed E-state index contributed by atoms with van der Waals surface area (Å²) in [4.78, 5) is 28.9. The van der Waals surface area contributed by atoms with Crippen molar-refractivity contribution in [2.75, 3.05) is 25.4 Å². The molecule has 5 atom stereocenters. The molecule has 3 N–H and O–H groups in total. The topological polar surface area (TPSA) is 86.9 Å². The average Bonchev–Trinajstić information content (AvgIpc) is 3.36. The van der Waals surface area contributed by atoms with Crippen molar-refractivity contribution in [2.45, 2.75) is 57.3 Å². The largest absolute Gasteiger partial charge is 0.481 e. The van der Waals surface area contributed by atoms with Gasteiger partial charge in [-0.15, -0.1) is 0 Å². The van der Waals surface area contributed by atoms with Gasteiger partial charge < -0.3 is 15.7 Å². The minimum absolute atomic E-state index is 0.0162. The number of carbonyl (C=O) groups is 2. The third-order valence-electron chi connectivity index (χ3n) is 8.35. The van der Waals surface area contributed by atoms with Crippen molar-refractivity contribution >= 4 is 17.6 Å². The molecule has 2 saturated carbocycles. The number of nitrogens with zero attached hydrogens (tertiary/aromatic N) is 2. The maximum absolute atomic E-state index is 13.3. The van der Waals surface area contributed by atoms with Crippen LogP contribution in [0.25, 0.3) is 0 Å². The molecule has 0 spiro atoms. The lowest BCUT2D eigenvalue weighted by atomic mass is 9.93. The molecule has 2 bridgehead atoms. The van der Waals surface area contributed by atoms with E-state index in [-0.39, 0.29) is 41.9 Å². The number of benzene rings is 1. The lowest BCUT2D eigenvalue weighted by Gasteiger charge is -2.37. The second kappa shape index (κ2) is 8.18. The normalized spacial score (nSPS) is 32.1. The standard InChI is InChI=1S/C24H30F3N3O3/c25-24(26,27)17-7-16-11-29(4-3-19(16)21(28)9-17)22(31)14-1-2-18(8-14)30-10-13-5-15(12-30)20(6-13)23(32)33/h7,9,13-15,18,20H,1-6,8,10-12,28H2,(H,32,33). The average molecular weight is 466 g/mol. The van der Waals surface area contributed by atoms with Crippen LogP contribution in [0.5, 0.6) is 0 Å². The second-order valence-corrected chi connectivity index (χ2v) is 10.4. The number of halogens is 3. The van der Waals surface area contributed by atoms with E-state index in [1.54, 1.807) is 4.90 Å². The van der Waals surface area contributed by atoms with Gasteiger partial charge in [-0.3, -0.25) is 14.5 Å². The molecule has 2 heterocycles. The van der Waals surface area contributed by atoms with Crippen LogP contribution in [0.2, 0.25) is 0 Å². The second-order valence-electron chi connectivity index (χ2n) is 10.4. The van der Waals surface area contributed by atoms with E-state index < -0.39 is 17.7 Å². The van der Waals surface area contributed by atoms with Crippen molar-refractivity contribution in [1.29, 1.82) is 0 Å². The Labute approximate surface area is 190 Å². The first-order chi connectivity index (χ1) is 15.6. The summed E-state index contributed by atoms with van der Waals surface area (Å²) in [6.45, 7) is 2.33. The van der Waals surface area contributed by atoms with Crippen molar-refractivity contribution in [3.05, 3.63) is 28.8 Å². The fraction of sp³-hybridized carbons (Fsp3) is 0.667. The predicted octanol–water partition coefficient (Wildman–Crippen LogP) is 3.38. The van der Waals surface area contributed by atoms with Crippen molar-refractivity contribution in [1.82, 2.24) is 9.80 Å². The Kier molecular flexibility index (Phi) is 5.58. The lowest BCUT2D eigenvalue weighted by molar-refractivity contribution is -0.143. The summed E-state index contributed by atoms with van der Waals surface area (Å²) in [5.74, 6) is -0.434. The Morgan fingerprint density at radius 1 is 1.09 bits per heavy atom. The molecule has 1 aromatic carbocycles. The number of aliphatic carboxylic acids is 1. The zero-order valence-electron chi connectivity index (χ0n) is 18.5. The number of nitrogens with two attached hydrogens (primary N) is 1. The molecular formula is C24H30F3N3O3. The number of carboxylic acid groups (broad SMARTS) is 1. The Balaban J connectivity index is 1.23. The summed E-state index contributed by atoms with van der Waals surface area (Å²) < 4.78 is 39.6. The number of carbonyl (C=O) groups excluding carboxylic acids is 1. The minimum Gasteiger partial charge on any atom is -0.481 e. The zero-order valence-corrected chi connectivity index (χ0v) is 18.5. The number of amides is 1. The molecule has 0 aromatic heterocycles. The summed E-state index contributed by atoms with van der Waals surface area (Å²) in [5, 5.41) is 9.48. The molecule has 5 unspecified atom stereocenters. The van der Waals surface area contributed by atoms with Crippen LogP contribution in [0.1, 0.15) is 48.8 Å². The predicted molar refractivity (Wildman–Crippen MR) is 115 cm³/mol. The van der Waals surface area contributed by atoms with Crippen LogP contribution in [0, 0.1) is 23.7 Å². The van der Waals surface area contributed by atoms with Crippen molar-refractivity contribution in [3.63, 3.8) is 0 Å². The van der Waals surface area contributed by atoms with Crippen LogP contribution in [0.15, 0.2) is 12.1 Å². The molecule has 2 aliphatic carbocycles. The highest BCUT2D eigenvalue weighted by molar-refractivity contribution is 5.80. The molecule has 1 amide bonds. The van der Waals surface area contributed by atoms with Gasteiger partial charge in [0.25, 0.3) is 0 Å². The van der Waals surface area contributed by atoms with Gasteiger partial charge in [0, 0.05) is 43.8 Å². The molecule has 2 aliphatic heterocycles. The zero-order chi connectivity index (χ0) is 23.5. The van der Waals surface area contributed by atoms with E-state index in [9.17, 15) is 27.9 Å². The Morgan fingerprint density at radius 3 is 2.61 bits per heavy atom. The number of likely N-dealkylation sites (tertiary alicyclic amines) is 1. The molecule has 33 heavy (non-hydrogen) atoms. The third-order valence-corrected chi connectivity index (χ3v) is 8.35. The monoisotopic (exact) mass is 465 g/mol. The molecule has 0 radical (unpaired) electrons. The maximum atomic E-state index is 13.3. The first-order valence-electron chi connectivity index (χ1n) is 11.8. The molecule has 6 nitrogen and oxygen atoms in total. The minimum atomic E-state index is -4.47. The van der Waals surface area contributed by atoms with Crippen molar-refractivity contribution < 1.29 is 27.9 Å². The number of hydrogen-bond donors (Lipinski definition) is 2. The van der Waals surface area contributed by atoms with Crippen molar-refractivity contribution in [2.24, 2.45) is 23.7 Å². The summed E-state index contributed by atoms with van der Waals surface area (Å²) >= 11 is 0. The van der Waals surface area contributed by atoms with E-state index in [1.807, 2.05) is 0 Å². The van der Waals surface area contributed by atoms with Gasteiger partial charge in [0.05, 0.1) is 11.5 Å². The van der Waals surface area contributed by atoms with Gasteiger partial charge in [-0.25, -0.2) is 0 Å². The van der Waals surface area contributed by atoms with Gasteiger partial charge in [0.2, 0.25) is 5.91 Å². The maximum Gasteiger partial charge on any atom is 0.416 e. The molecule has 9 heteroatoms. The number of alkyl halides is 3. The molecule has 4 aliphatic rings. The Bertz CT molecular complexity index is 966. The number of fused-ring (bicyclic) bond motifs is 3. The van der Waals surface area contributed by atoms with Crippen molar-refractivity contribution in [3.8, 4) is 0 Å². The number of nitrogen functional groups attached to an aromatic ring is 1. The van der Waals surface area contributed by atoms with E-state index >= 15 is 0 Å². The first kappa shape index (κ1) is 22.5. The Morgan fingerprint density at radius 2 is 1.88 bits per heavy atom. The van der Waals surface area contributed by atoms with Gasteiger partial charge in [-0.05, 0) is 73.6 Å². The smallest absolute Gasteiger partial charge is 0.416 e. The summed E-state index contributed by atoms with van der Waals surface area (Å²) in [6, 6.07) is 2.39. The van der Waals surface area contributed by atoms with E-state index in [1.165, 1.54) is 0 Å². The van der Waals surface area contributed by atoms with Gasteiger partial charge in [-0.2, -0.15) is 13.2 Å². The van der Waals surface area contributed by atoms with E-state index in [4.69, 9.17) is 5.73 Å². The van der Waals surface area contributed by atoms with Gasteiger partial charge in [0.15, 0.2) is 0 Å². The van der Waals surface area contributed by atoms with Crippen LogP contribution in [0.3, 0.4) is 0 Å². The van der Waals surface area contributed by atoms with E-state index in [0.29, 0.717) is 30.0 Å². The number of rotatable bonds is 3. The third kappa shape index (κ3) is 4.20. The van der Waals surface area contributed by atoms with Gasteiger partial charge >= 0.3 is 12.1 Å². The summed E-state index contributed by atoms with van der Waals surface area (Å²) in [6.07, 6.45) is 0.147. The number of piperidine rings is 1. The Hall–Kier alpha value is -2.29. The van der Waals surface area contributed by atoms with Crippen LogP contribution < -0.4 is 5.73 Å². The molecule has 1 saturated heterocycles.